The lowest BCUT2D eigenvalue weighted by molar-refractivity contribution is -0.115. The van der Waals surface area contributed by atoms with Gasteiger partial charge in [0.1, 0.15) is 6.29 Å². The lowest BCUT2D eigenvalue weighted by atomic mass is 9.77. The van der Waals surface area contributed by atoms with Gasteiger partial charge in [-0.15, -0.1) is 0 Å². The van der Waals surface area contributed by atoms with Crippen molar-refractivity contribution in [1.82, 2.24) is 4.90 Å². The van der Waals surface area contributed by atoms with Crippen molar-refractivity contribution in [2.45, 2.75) is 53.9 Å². The number of aldehydes is 1. The molecule has 1 atom stereocenters. The van der Waals surface area contributed by atoms with E-state index >= 15 is 0 Å². The molecule has 17 heavy (non-hydrogen) atoms. The normalized spacial score (nSPS) is 24.4. The average Bonchev–Trinajstić information content (AvgIpc) is 2.42. The first-order chi connectivity index (χ1) is 7.74. The molecule has 0 radical (unpaired) electrons. The number of likely N-dealkylation sites (tertiary alicyclic amines) is 1. The van der Waals surface area contributed by atoms with Crippen LogP contribution in [-0.4, -0.2) is 30.8 Å². The molecule has 2 nitrogen and oxygen atoms in total. The molecule has 0 saturated carbocycles. The second-order valence-corrected chi connectivity index (χ2v) is 7.38. The van der Waals surface area contributed by atoms with Gasteiger partial charge in [0, 0.05) is 12.0 Å². The Balaban J connectivity index is 2.51. The van der Waals surface area contributed by atoms with E-state index in [1.807, 2.05) is 13.8 Å². The van der Waals surface area contributed by atoms with Crippen LogP contribution in [0.5, 0.6) is 0 Å². The molecular formula is C15H29NO. The summed E-state index contributed by atoms with van der Waals surface area (Å²) in [6.45, 7) is 14.3. The lowest BCUT2D eigenvalue weighted by Crippen LogP contribution is -2.36. The third kappa shape index (κ3) is 4.79. The molecule has 0 aromatic rings. The van der Waals surface area contributed by atoms with Crippen LogP contribution in [0.25, 0.3) is 0 Å². The molecule has 1 heterocycles. The van der Waals surface area contributed by atoms with Crippen LogP contribution in [0, 0.1) is 16.7 Å². The SMILES string of the molecule is CC(C)(C=O)CN1CCCC(C(C)(C)C)CC1. The van der Waals surface area contributed by atoms with Crippen LogP contribution < -0.4 is 0 Å². The molecule has 0 amide bonds. The molecule has 1 aliphatic rings. The number of rotatable bonds is 3. The van der Waals surface area contributed by atoms with Gasteiger partial charge in [0.2, 0.25) is 0 Å². The van der Waals surface area contributed by atoms with Gasteiger partial charge >= 0.3 is 0 Å². The Morgan fingerprint density at radius 2 is 1.76 bits per heavy atom. The van der Waals surface area contributed by atoms with Gasteiger partial charge in [-0.05, 0) is 43.7 Å². The van der Waals surface area contributed by atoms with Crippen molar-refractivity contribution in [3.8, 4) is 0 Å². The number of carbonyl (C=O) groups is 1. The van der Waals surface area contributed by atoms with E-state index in [-0.39, 0.29) is 5.41 Å². The molecule has 2 heteroatoms. The van der Waals surface area contributed by atoms with Gasteiger partial charge < -0.3 is 9.69 Å². The third-order valence-electron chi connectivity index (χ3n) is 4.00. The fraction of sp³-hybridized carbons (Fsp3) is 0.933. The van der Waals surface area contributed by atoms with Gasteiger partial charge in [-0.2, -0.15) is 0 Å². The average molecular weight is 239 g/mol. The Kier molecular flexibility index (Phi) is 4.77. The summed E-state index contributed by atoms with van der Waals surface area (Å²) in [6.07, 6.45) is 4.98. The van der Waals surface area contributed by atoms with Gasteiger partial charge in [-0.1, -0.05) is 34.6 Å². The number of nitrogens with zero attached hydrogens (tertiary/aromatic N) is 1. The second kappa shape index (κ2) is 5.51. The van der Waals surface area contributed by atoms with Crippen molar-refractivity contribution >= 4 is 6.29 Å². The fourth-order valence-corrected chi connectivity index (χ4v) is 2.79. The fourth-order valence-electron chi connectivity index (χ4n) is 2.79. The molecule has 1 saturated heterocycles. The number of carbonyl (C=O) groups excluding carboxylic acids is 1. The zero-order chi connectivity index (χ0) is 13.1. The summed E-state index contributed by atoms with van der Waals surface area (Å²) in [7, 11) is 0. The summed E-state index contributed by atoms with van der Waals surface area (Å²) >= 11 is 0. The van der Waals surface area contributed by atoms with Crippen LogP contribution in [0.1, 0.15) is 53.9 Å². The van der Waals surface area contributed by atoms with E-state index in [9.17, 15) is 4.79 Å². The predicted octanol–water partition coefficient (Wildman–Crippen LogP) is 3.36. The number of hydrogen-bond donors (Lipinski definition) is 0. The van der Waals surface area contributed by atoms with Crippen LogP contribution in [-0.2, 0) is 4.79 Å². The summed E-state index contributed by atoms with van der Waals surface area (Å²) in [6, 6.07) is 0. The standard InChI is InChI=1S/C15H29NO/c1-14(2,3)13-7-6-9-16(10-8-13)11-15(4,5)12-17/h12-13H,6-11H2,1-5H3. The van der Waals surface area contributed by atoms with E-state index < -0.39 is 0 Å². The van der Waals surface area contributed by atoms with E-state index in [0.717, 1.165) is 31.8 Å². The zero-order valence-electron chi connectivity index (χ0n) is 12.3. The van der Waals surface area contributed by atoms with Gasteiger partial charge in [0.05, 0.1) is 0 Å². The Labute approximate surface area is 107 Å². The topological polar surface area (TPSA) is 20.3 Å². The van der Waals surface area contributed by atoms with Crippen molar-refractivity contribution in [1.29, 1.82) is 0 Å². The molecule has 0 N–H and O–H groups in total. The molecule has 0 aliphatic carbocycles. The molecule has 0 bridgehead atoms. The van der Waals surface area contributed by atoms with Crippen LogP contribution in [0.3, 0.4) is 0 Å². The molecule has 100 valence electrons. The van der Waals surface area contributed by atoms with Gasteiger partial charge in [0.15, 0.2) is 0 Å². The zero-order valence-corrected chi connectivity index (χ0v) is 12.3. The Hall–Kier alpha value is -0.370. The Morgan fingerprint density at radius 1 is 1.12 bits per heavy atom. The highest BCUT2D eigenvalue weighted by molar-refractivity contribution is 5.58. The molecular weight excluding hydrogens is 210 g/mol. The van der Waals surface area contributed by atoms with Crippen LogP contribution in [0.2, 0.25) is 0 Å². The molecule has 0 spiro atoms. The monoisotopic (exact) mass is 239 g/mol. The maximum atomic E-state index is 11.0. The summed E-state index contributed by atoms with van der Waals surface area (Å²) in [4.78, 5) is 13.5. The maximum absolute atomic E-state index is 11.0. The molecule has 1 aliphatic heterocycles. The quantitative estimate of drug-likeness (QED) is 0.704. The predicted molar refractivity (Wildman–Crippen MR) is 73.1 cm³/mol. The third-order valence-corrected chi connectivity index (χ3v) is 4.00. The minimum atomic E-state index is -0.193. The van der Waals surface area contributed by atoms with E-state index in [0.29, 0.717) is 5.41 Å². The van der Waals surface area contributed by atoms with Gasteiger partial charge in [-0.25, -0.2) is 0 Å². The summed E-state index contributed by atoms with van der Waals surface area (Å²) in [5, 5.41) is 0. The molecule has 1 rings (SSSR count). The summed E-state index contributed by atoms with van der Waals surface area (Å²) < 4.78 is 0. The lowest BCUT2D eigenvalue weighted by Gasteiger charge is -2.30. The van der Waals surface area contributed by atoms with Crippen molar-refractivity contribution in [2.24, 2.45) is 16.7 Å². The van der Waals surface area contributed by atoms with Gasteiger partial charge in [-0.3, -0.25) is 0 Å². The molecule has 0 aromatic carbocycles. The second-order valence-electron chi connectivity index (χ2n) is 7.38. The summed E-state index contributed by atoms with van der Waals surface area (Å²) in [5.74, 6) is 0.826. The van der Waals surface area contributed by atoms with Crippen molar-refractivity contribution in [3.63, 3.8) is 0 Å². The highest BCUT2D eigenvalue weighted by atomic mass is 16.1. The highest BCUT2D eigenvalue weighted by Crippen LogP contribution is 2.34. The minimum Gasteiger partial charge on any atom is -0.303 e. The maximum Gasteiger partial charge on any atom is 0.126 e. The van der Waals surface area contributed by atoms with E-state index in [4.69, 9.17) is 0 Å². The van der Waals surface area contributed by atoms with E-state index in [1.165, 1.54) is 19.3 Å². The smallest absolute Gasteiger partial charge is 0.126 e. The van der Waals surface area contributed by atoms with Crippen molar-refractivity contribution in [2.75, 3.05) is 19.6 Å². The molecule has 1 unspecified atom stereocenters. The first-order valence-corrected chi connectivity index (χ1v) is 6.93. The first-order valence-electron chi connectivity index (χ1n) is 6.93. The largest absolute Gasteiger partial charge is 0.303 e. The first kappa shape index (κ1) is 14.7. The summed E-state index contributed by atoms with van der Waals surface area (Å²) in [5.41, 5.74) is 0.234. The Bertz CT molecular complexity index is 252. The van der Waals surface area contributed by atoms with Crippen molar-refractivity contribution in [3.05, 3.63) is 0 Å². The van der Waals surface area contributed by atoms with Gasteiger partial charge in [0.25, 0.3) is 0 Å². The molecule has 0 aromatic heterocycles. The van der Waals surface area contributed by atoms with Crippen LogP contribution >= 0.6 is 0 Å². The van der Waals surface area contributed by atoms with E-state index in [1.54, 1.807) is 0 Å². The van der Waals surface area contributed by atoms with Crippen LogP contribution in [0.15, 0.2) is 0 Å². The van der Waals surface area contributed by atoms with Crippen LogP contribution in [0.4, 0.5) is 0 Å². The minimum absolute atomic E-state index is 0.193. The Morgan fingerprint density at radius 3 is 2.29 bits per heavy atom. The number of hydrogen-bond acceptors (Lipinski definition) is 2. The van der Waals surface area contributed by atoms with E-state index in [2.05, 4.69) is 25.7 Å². The molecule has 1 fully saturated rings. The van der Waals surface area contributed by atoms with Crippen molar-refractivity contribution < 1.29 is 4.79 Å². The highest BCUT2D eigenvalue weighted by Gasteiger charge is 2.28.